The molecule has 5 nitrogen and oxygen atoms in total. The Hall–Kier alpha value is -2.95. The molecule has 140 valence electrons. The van der Waals surface area contributed by atoms with E-state index in [0.29, 0.717) is 5.92 Å². The predicted octanol–water partition coefficient (Wildman–Crippen LogP) is 4.73. The van der Waals surface area contributed by atoms with Crippen molar-refractivity contribution in [1.82, 2.24) is 15.0 Å². The van der Waals surface area contributed by atoms with Crippen LogP contribution in [0.15, 0.2) is 54.9 Å². The zero-order valence-corrected chi connectivity index (χ0v) is 16.5. The van der Waals surface area contributed by atoms with Crippen molar-refractivity contribution in [3.63, 3.8) is 0 Å². The van der Waals surface area contributed by atoms with Crippen molar-refractivity contribution in [2.75, 3.05) is 23.8 Å². The molecule has 27 heavy (non-hydrogen) atoms. The van der Waals surface area contributed by atoms with Crippen LogP contribution < -0.4 is 10.2 Å². The molecule has 0 saturated carbocycles. The van der Waals surface area contributed by atoms with Crippen molar-refractivity contribution < 1.29 is 0 Å². The van der Waals surface area contributed by atoms with Gasteiger partial charge in [0.05, 0.1) is 0 Å². The second-order valence-electron chi connectivity index (χ2n) is 7.09. The molecule has 2 aromatic heterocycles. The summed E-state index contributed by atoms with van der Waals surface area (Å²) in [5.74, 6) is 1.99. The van der Waals surface area contributed by atoms with Crippen molar-refractivity contribution in [3.8, 4) is 0 Å². The number of pyridine rings is 1. The lowest BCUT2D eigenvalue weighted by molar-refractivity contribution is 0.832. The maximum Gasteiger partial charge on any atom is 0.227 e. The third-order valence-corrected chi connectivity index (χ3v) is 4.51. The van der Waals surface area contributed by atoms with Gasteiger partial charge in [-0.2, -0.15) is 4.98 Å². The number of likely N-dealkylation sites (N-methyl/N-ethyl adjacent to an activating group) is 1. The molecule has 5 heteroatoms. The lowest BCUT2D eigenvalue weighted by atomic mass is 10.0. The molecule has 0 bridgehead atoms. The molecule has 0 fully saturated rings. The van der Waals surface area contributed by atoms with E-state index in [1.54, 1.807) is 0 Å². The highest BCUT2D eigenvalue weighted by Gasteiger charge is 2.10. The summed E-state index contributed by atoms with van der Waals surface area (Å²) in [5.41, 5.74) is 4.58. The van der Waals surface area contributed by atoms with Crippen molar-refractivity contribution >= 4 is 17.5 Å². The second-order valence-corrected chi connectivity index (χ2v) is 7.09. The van der Waals surface area contributed by atoms with Crippen molar-refractivity contribution in [2.45, 2.75) is 33.1 Å². The van der Waals surface area contributed by atoms with Gasteiger partial charge in [0.25, 0.3) is 0 Å². The van der Waals surface area contributed by atoms with E-state index < -0.39 is 0 Å². The van der Waals surface area contributed by atoms with Gasteiger partial charge in [-0.3, -0.25) is 4.98 Å². The predicted molar refractivity (Wildman–Crippen MR) is 112 cm³/mol. The Morgan fingerprint density at radius 2 is 1.78 bits per heavy atom. The molecule has 0 atom stereocenters. The molecule has 0 spiro atoms. The first-order chi connectivity index (χ1) is 13.0. The molecule has 0 aliphatic carbocycles. The maximum atomic E-state index is 4.73. The fourth-order valence-electron chi connectivity index (χ4n) is 2.99. The minimum atomic E-state index is 0.444. The van der Waals surface area contributed by atoms with Gasteiger partial charge in [0.15, 0.2) is 0 Å². The van der Waals surface area contributed by atoms with E-state index in [-0.39, 0.29) is 0 Å². The zero-order chi connectivity index (χ0) is 19.2. The number of aryl methyl sites for hydroxylation is 1. The van der Waals surface area contributed by atoms with Crippen LogP contribution in [-0.2, 0) is 6.42 Å². The van der Waals surface area contributed by atoms with E-state index in [4.69, 9.17) is 4.98 Å². The van der Waals surface area contributed by atoms with Crippen LogP contribution in [0.2, 0.25) is 0 Å². The van der Waals surface area contributed by atoms with Gasteiger partial charge in [-0.25, -0.2) is 4.98 Å². The van der Waals surface area contributed by atoms with Crippen LogP contribution in [-0.4, -0.2) is 28.5 Å². The SMILES string of the molecule is Cc1cc(Nc2ccccc2C(C)C)nc(N(C)CCc2ccncc2)n1. The molecule has 3 rings (SSSR count). The fraction of sp³-hybridized carbons (Fsp3) is 0.318. The van der Waals surface area contributed by atoms with Crippen LogP contribution in [0.4, 0.5) is 17.5 Å². The molecule has 3 aromatic rings. The minimum Gasteiger partial charge on any atom is -0.343 e. The van der Waals surface area contributed by atoms with E-state index in [1.165, 1.54) is 11.1 Å². The Morgan fingerprint density at radius 3 is 2.52 bits per heavy atom. The second kappa shape index (κ2) is 8.62. The number of nitrogens with one attached hydrogen (secondary N) is 1. The smallest absolute Gasteiger partial charge is 0.227 e. The molecule has 1 aromatic carbocycles. The summed E-state index contributed by atoms with van der Waals surface area (Å²) in [7, 11) is 2.03. The first-order valence-corrected chi connectivity index (χ1v) is 9.34. The highest BCUT2D eigenvalue weighted by atomic mass is 15.2. The van der Waals surface area contributed by atoms with Gasteiger partial charge in [-0.1, -0.05) is 32.0 Å². The van der Waals surface area contributed by atoms with E-state index in [9.17, 15) is 0 Å². The van der Waals surface area contributed by atoms with Gasteiger partial charge in [0.2, 0.25) is 5.95 Å². The lowest BCUT2D eigenvalue weighted by Gasteiger charge is -2.19. The number of aromatic nitrogens is 3. The number of hydrogen-bond acceptors (Lipinski definition) is 5. The zero-order valence-electron chi connectivity index (χ0n) is 16.5. The van der Waals surface area contributed by atoms with Gasteiger partial charge < -0.3 is 10.2 Å². The molecule has 0 amide bonds. The van der Waals surface area contributed by atoms with E-state index in [2.05, 4.69) is 52.2 Å². The summed E-state index contributed by atoms with van der Waals surface area (Å²) in [4.78, 5) is 15.5. The van der Waals surface area contributed by atoms with Gasteiger partial charge in [0, 0.05) is 43.4 Å². The van der Waals surface area contributed by atoms with E-state index in [0.717, 1.165) is 36.1 Å². The summed E-state index contributed by atoms with van der Waals surface area (Å²) in [6.45, 7) is 7.24. The van der Waals surface area contributed by atoms with Crippen LogP contribution in [0.3, 0.4) is 0 Å². The fourth-order valence-corrected chi connectivity index (χ4v) is 2.99. The third kappa shape index (κ3) is 5.03. The quantitative estimate of drug-likeness (QED) is 0.659. The Labute approximate surface area is 161 Å². The highest BCUT2D eigenvalue weighted by Crippen LogP contribution is 2.27. The van der Waals surface area contributed by atoms with Gasteiger partial charge in [-0.05, 0) is 48.6 Å². The monoisotopic (exact) mass is 361 g/mol. The number of rotatable bonds is 7. The highest BCUT2D eigenvalue weighted by molar-refractivity contribution is 5.62. The Morgan fingerprint density at radius 1 is 1.04 bits per heavy atom. The summed E-state index contributed by atoms with van der Waals surface area (Å²) in [6, 6.07) is 14.4. The Balaban J connectivity index is 1.76. The van der Waals surface area contributed by atoms with Gasteiger partial charge in [0.1, 0.15) is 5.82 Å². The van der Waals surface area contributed by atoms with Gasteiger partial charge >= 0.3 is 0 Å². The van der Waals surface area contributed by atoms with Crippen LogP contribution in [0.25, 0.3) is 0 Å². The summed E-state index contributed by atoms with van der Waals surface area (Å²) in [5, 5.41) is 3.48. The van der Waals surface area contributed by atoms with Crippen molar-refractivity contribution in [1.29, 1.82) is 0 Å². The maximum absolute atomic E-state index is 4.73. The number of anilines is 3. The summed E-state index contributed by atoms with van der Waals surface area (Å²) < 4.78 is 0. The molecule has 0 radical (unpaired) electrons. The molecular weight excluding hydrogens is 334 g/mol. The molecule has 2 heterocycles. The van der Waals surface area contributed by atoms with Crippen LogP contribution in [0.1, 0.15) is 36.6 Å². The first-order valence-electron chi connectivity index (χ1n) is 9.34. The van der Waals surface area contributed by atoms with E-state index >= 15 is 0 Å². The van der Waals surface area contributed by atoms with Crippen LogP contribution >= 0.6 is 0 Å². The molecule has 0 saturated heterocycles. The molecular formula is C22H27N5. The molecule has 0 aliphatic rings. The van der Waals surface area contributed by atoms with Crippen molar-refractivity contribution in [3.05, 3.63) is 71.7 Å². The summed E-state index contributed by atoms with van der Waals surface area (Å²) >= 11 is 0. The number of benzene rings is 1. The first kappa shape index (κ1) is 18.8. The number of hydrogen-bond donors (Lipinski definition) is 1. The normalized spacial score (nSPS) is 10.9. The van der Waals surface area contributed by atoms with Crippen molar-refractivity contribution in [2.24, 2.45) is 0 Å². The van der Waals surface area contributed by atoms with Crippen LogP contribution in [0, 0.1) is 6.92 Å². The molecule has 0 unspecified atom stereocenters. The largest absolute Gasteiger partial charge is 0.343 e. The molecule has 0 aliphatic heterocycles. The molecule has 1 N–H and O–H groups in total. The third-order valence-electron chi connectivity index (χ3n) is 4.51. The van der Waals surface area contributed by atoms with Gasteiger partial charge in [-0.15, -0.1) is 0 Å². The summed E-state index contributed by atoms with van der Waals surface area (Å²) in [6.07, 6.45) is 4.58. The number of nitrogens with zero attached hydrogens (tertiary/aromatic N) is 4. The lowest BCUT2D eigenvalue weighted by Crippen LogP contribution is -2.23. The Bertz CT molecular complexity index is 877. The van der Waals surface area contributed by atoms with Crippen LogP contribution in [0.5, 0.6) is 0 Å². The minimum absolute atomic E-state index is 0.444. The number of para-hydroxylation sites is 1. The topological polar surface area (TPSA) is 53.9 Å². The average Bonchev–Trinajstić information content (AvgIpc) is 2.66. The van der Waals surface area contributed by atoms with E-state index in [1.807, 2.05) is 50.6 Å². The standard InChI is InChI=1S/C22H27N5/c1-16(2)19-7-5-6-8-20(19)25-21-15-17(3)24-22(26-21)27(4)14-11-18-9-12-23-13-10-18/h5-10,12-13,15-16H,11,14H2,1-4H3,(H,24,25,26). The Kier molecular flexibility index (Phi) is 6.01. The average molecular weight is 361 g/mol.